The number of furan rings is 1. The summed E-state index contributed by atoms with van der Waals surface area (Å²) in [6.45, 7) is 1.97. The summed E-state index contributed by atoms with van der Waals surface area (Å²) in [7, 11) is 3.03. The average molecular weight is 576 g/mol. The van der Waals surface area contributed by atoms with Gasteiger partial charge in [0.15, 0.2) is 4.80 Å². The lowest BCUT2D eigenvalue weighted by Crippen LogP contribution is -2.40. The highest BCUT2D eigenvalue weighted by Crippen LogP contribution is 2.35. The van der Waals surface area contributed by atoms with Crippen LogP contribution in [0.1, 0.15) is 24.3 Å². The third kappa shape index (κ3) is 5.47. The number of esters is 1. The Morgan fingerprint density at radius 3 is 2.59 bits per heavy atom. The quantitative estimate of drug-likeness (QED) is 0.128. The number of nitro benzene ring substituents is 1. The molecule has 0 aliphatic carbocycles. The standard InChI is InChI=1S/C29H25N3O8S/c1-17-25(28(34)39-15-14-37-2)26(21-6-4-5-7-23(21)38-3)31-27(33)24(41-29(31)30-17)16-20-12-13-22(40-20)18-8-10-19(11-9-18)32(35)36/h4-13,16,26H,14-15H2,1-3H3. The molecule has 1 aliphatic heterocycles. The number of aromatic nitrogens is 1. The Morgan fingerprint density at radius 2 is 1.88 bits per heavy atom. The van der Waals surface area contributed by atoms with E-state index in [0.29, 0.717) is 43.4 Å². The Morgan fingerprint density at radius 1 is 1.12 bits per heavy atom. The molecule has 3 heterocycles. The Hall–Kier alpha value is -4.81. The van der Waals surface area contributed by atoms with E-state index in [4.69, 9.17) is 18.6 Å². The smallest absolute Gasteiger partial charge is 0.338 e. The first-order chi connectivity index (χ1) is 19.8. The van der Waals surface area contributed by atoms with Crippen molar-refractivity contribution in [2.75, 3.05) is 27.4 Å². The maximum absolute atomic E-state index is 13.9. The minimum Gasteiger partial charge on any atom is -0.496 e. The molecule has 4 aromatic rings. The number of thiazole rings is 1. The lowest BCUT2D eigenvalue weighted by molar-refractivity contribution is -0.384. The number of rotatable bonds is 9. The highest BCUT2D eigenvalue weighted by atomic mass is 32.1. The second kappa shape index (κ2) is 11.7. The van der Waals surface area contributed by atoms with E-state index in [-0.39, 0.29) is 30.0 Å². The monoisotopic (exact) mass is 575 g/mol. The molecule has 0 radical (unpaired) electrons. The van der Waals surface area contributed by atoms with E-state index >= 15 is 0 Å². The lowest BCUT2D eigenvalue weighted by Gasteiger charge is -2.26. The SMILES string of the molecule is COCCOC(=O)C1=C(C)N=c2sc(=Cc3ccc(-c4ccc([N+](=O)[O-])cc4)o3)c(=O)n2C1c1ccccc1OC. The number of fused-ring (bicyclic) bond motifs is 1. The van der Waals surface area contributed by atoms with E-state index in [1.807, 2.05) is 0 Å². The molecule has 0 bridgehead atoms. The third-order valence-electron chi connectivity index (χ3n) is 6.46. The van der Waals surface area contributed by atoms with Crippen LogP contribution < -0.4 is 19.6 Å². The summed E-state index contributed by atoms with van der Waals surface area (Å²) in [6.07, 6.45) is 1.61. The van der Waals surface area contributed by atoms with E-state index in [1.54, 1.807) is 61.5 Å². The van der Waals surface area contributed by atoms with Gasteiger partial charge >= 0.3 is 5.97 Å². The van der Waals surface area contributed by atoms with Crippen LogP contribution in [0.3, 0.4) is 0 Å². The van der Waals surface area contributed by atoms with Crippen molar-refractivity contribution in [1.82, 2.24) is 4.57 Å². The van der Waals surface area contributed by atoms with Crippen molar-refractivity contribution < 1.29 is 28.3 Å². The second-order valence-electron chi connectivity index (χ2n) is 8.96. The molecule has 0 fully saturated rings. The number of allylic oxidation sites excluding steroid dienone is 1. The van der Waals surface area contributed by atoms with Gasteiger partial charge in [0.1, 0.15) is 29.9 Å². The van der Waals surface area contributed by atoms with Crippen LogP contribution >= 0.6 is 11.3 Å². The van der Waals surface area contributed by atoms with Gasteiger partial charge < -0.3 is 18.6 Å². The molecule has 1 atom stereocenters. The topological polar surface area (TPSA) is 135 Å². The van der Waals surface area contributed by atoms with Crippen LogP contribution in [0.15, 0.2) is 86.1 Å². The van der Waals surface area contributed by atoms with Gasteiger partial charge in [-0.1, -0.05) is 29.5 Å². The average Bonchev–Trinajstić information content (AvgIpc) is 3.56. The van der Waals surface area contributed by atoms with Crippen molar-refractivity contribution in [3.63, 3.8) is 0 Å². The number of benzene rings is 2. The van der Waals surface area contributed by atoms with Crippen LogP contribution in [-0.2, 0) is 14.3 Å². The van der Waals surface area contributed by atoms with Crippen molar-refractivity contribution in [3.05, 3.63) is 113 Å². The van der Waals surface area contributed by atoms with Gasteiger partial charge in [-0.2, -0.15) is 0 Å². The molecule has 5 rings (SSSR count). The van der Waals surface area contributed by atoms with E-state index < -0.39 is 16.9 Å². The van der Waals surface area contributed by atoms with Gasteiger partial charge in [-0.3, -0.25) is 19.5 Å². The van der Waals surface area contributed by atoms with Gasteiger partial charge in [-0.25, -0.2) is 9.79 Å². The maximum atomic E-state index is 13.9. The van der Waals surface area contributed by atoms with E-state index in [1.165, 1.54) is 30.9 Å². The molecule has 2 aromatic carbocycles. The number of para-hydroxylation sites is 1. The van der Waals surface area contributed by atoms with Crippen molar-refractivity contribution in [1.29, 1.82) is 0 Å². The summed E-state index contributed by atoms with van der Waals surface area (Å²) in [4.78, 5) is 42.6. The zero-order valence-electron chi connectivity index (χ0n) is 22.4. The zero-order valence-corrected chi connectivity index (χ0v) is 23.2. The second-order valence-corrected chi connectivity index (χ2v) is 9.97. The molecule has 11 nitrogen and oxygen atoms in total. The molecule has 0 amide bonds. The number of nitro groups is 1. The number of hydrogen-bond acceptors (Lipinski definition) is 10. The number of non-ortho nitro benzene ring substituents is 1. The van der Waals surface area contributed by atoms with E-state index in [9.17, 15) is 19.7 Å². The molecular formula is C29H25N3O8S. The number of methoxy groups -OCH3 is 2. The zero-order chi connectivity index (χ0) is 29.1. The third-order valence-corrected chi connectivity index (χ3v) is 7.44. The molecule has 12 heteroatoms. The molecule has 0 spiro atoms. The normalized spacial score (nSPS) is 14.9. The van der Waals surface area contributed by atoms with Gasteiger partial charge in [-0.15, -0.1) is 0 Å². The van der Waals surface area contributed by atoms with Gasteiger partial charge in [0, 0.05) is 36.4 Å². The molecule has 2 aromatic heterocycles. The Kier molecular flexibility index (Phi) is 7.95. The van der Waals surface area contributed by atoms with Crippen LogP contribution in [0.2, 0.25) is 0 Å². The minimum absolute atomic E-state index is 0.0246. The number of ether oxygens (including phenoxy) is 3. The summed E-state index contributed by atoms with van der Waals surface area (Å²) >= 11 is 1.16. The van der Waals surface area contributed by atoms with Gasteiger partial charge in [-0.05, 0) is 37.3 Å². The fraction of sp³-hybridized carbons (Fsp3) is 0.207. The Labute approximate surface area is 237 Å². The summed E-state index contributed by atoms with van der Waals surface area (Å²) in [5.41, 5.74) is 1.52. The Bertz CT molecular complexity index is 1830. The Balaban J connectivity index is 1.59. The highest BCUT2D eigenvalue weighted by molar-refractivity contribution is 7.07. The number of carbonyl (C=O) groups excluding carboxylic acids is 1. The number of carbonyl (C=O) groups is 1. The largest absolute Gasteiger partial charge is 0.496 e. The van der Waals surface area contributed by atoms with Crippen molar-refractivity contribution in [3.8, 4) is 17.1 Å². The maximum Gasteiger partial charge on any atom is 0.338 e. The van der Waals surface area contributed by atoms with Crippen LogP contribution in [0, 0.1) is 10.1 Å². The van der Waals surface area contributed by atoms with Crippen LogP contribution in [0.4, 0.5) is 5.69 Å². The summed E-state index contributed by atoms with van der Waals surface area (Å²) in [5.74, 6) is 0.796. The van der Waals surface area contributed by atoms with Gasteiger partial charge in [0.2, 0.25) is 0 Å². The molecule has 1 unspecified atom stereocenters. The molecular weight excluding hydrogens is 550 g/mol. The first kappa shape index (κ1) is 27.7. The van der Waals surface area contributed by atoms with Gasteiger partial charge in [0.25, 0.3) is 11.2 Å². The van der Waals surface area contributed by atoms with Crippen molar-refractivity contribution >= 4 is 29.1 Å². The summed E-state index contributed by atoms with van der Waals surface area (Å²) in [6, 6.07) is 15.7. The number of hydrogen-bond donors (Lipinski definition) is 0. The molecule has 0 saturated carbocycles. The predicted molar refractivity (Wildman–Crippen MR) is 150 cm³/mol. The van der Waals surface area contributed by atoms with Crippen LogP contribution in [-0.4, -0.2) is 42.9 Å². The van der Waals surface area contributed by atoms with E-state index in [2.05, 4.69) is 4.99 Å². The van der Waals surface area contributed by atoms with Gasteiger partial charge in [0.05, 0.1) is 34.4 Å². The summed E-state index contributed by atoms with van der Waals surface area (Å²) in [5, 5.41) is 11.0. The fourth-order valence-electron chi connectivity index (χ4n) is 4.53. The molecule has 0 saturated heterocycles. The van der Waals surface area contributed by atoms with Crippen molar-refractivity contribution in [2.45, 2.75) is 13.0 Å². The first-order valence-electron chi connectivity index (χ1n) is 12.5. The van der Waals surface area contributed by atoms with Crippen molar-refractivity contribution in [2.24, 2.45) is 4.99 Å². The minimum atomic E-state index is -0.841. The molecule has 41 heavy (non-hydrogen) atoms. The lowest BCUT2D eigenvalue weighted by atomic mass is 9.95. The highest BCUT2D eigenvalue weighted by Gasteiger charge is 2.35. The fourth-order valence-corrected chi connectivity index (χ4v) is 5.55. The van der Waals surface area contributed by atoms with Crippen LogP contribution in [0.5, 0.6) is 5.75 Å². The number of nitrogens with zero attached hydrogens (tertiary/aromatic N) is 3. The molecule has 210 valence electrons. The molecule has 0 N–H and O–H groups in total. The van der Waals surface area contributed by atoms with E-state index in [0.717, 1.165) is 11.3 Å². The predicted octanol–water partition coefficient (Wildman–Crippen LogP) is 3.60. The molecule has 1 aliphatic rings. The van der Waals surface area contributed by atoms with Crippen LogP contribution in [0.25, 0.3) is 17.4 Å². The first-order valence-corrected chi connectivity index (χ1v) is 13.3. The summed E-state index contributed by atoms with van der Waals surface area (Å²) < 4.78 is 23.8.